The zero-order valence-corrected chi connectivity index (χ0v) is 10.3. The minimum atomic E-state index is 1.03. The van der Waals surface area contributed by atoms with Crippen molar-refractivity contribution in [3.05, 3.63) is 73.1 Å². The molecule has 0 radical (unpaired) electrons. The number of pyridine rings is 2. The lowest BCUT2D eigenvalue weighted by molar-refractivity contribution is 1.18. The van der Waals surface area contributed by atoms with Gasteiger partial charge in [0.1, 0.15) is 0 Å². The van der Waals surface area contributed by atoms with Crippen LogP contribution in [0.1, 0.15) is 0 Å². The molecule has 3 aromatic heterocycles. The van der Waals surface area contributed by atoms with Crippen LogP contribution in [0.25, 0.3) is 27.7 Å². The van der Waals surface area contributed by atoms with E-state index in [4.69, 9.17) is 0 Å². The Hall–Kier alpha value is -2.61. The number of aromatic nitrogens is 2. The molecule has 0 saturated heterocycles. The van der Waals surface area contributed by atoms with E-state index < -0.39 is 0 Å². The summed E-state index contributed by atoms with van der Waals surface area (Å²) in [4.78, 5) is 4.58. The summed E-state index contributed by atoms with van der Waals surface area (Å²) < 4.78 is 2.18. The maximum Gasteiger partial charge on any atom is 0.0948 e. The topological polar surface area (TPSA) is 17.3 Å². The van der Waals surface area contributed by atoms with Crippen molar-refractivity contribution in [3.8, 4) is 11.4 Å². The van der Waals surface area contributed by atoms with Gasteiger partial charge in [-0.15, -0.1) is 0 Å². The number of hydrogen-bond donors (Lipinski definition) is 0. The van der Waals surface area contributed by atoms with Crippen molar-refractivity contribution in [1.82, 2.24) is 9.38 Å². The van der Waals surface area contributed by atoms with Crippen molar-refractivity contribution < 1.29 is 0 Å². The maximum absolute atomic E-state index is 4.58. The molecule has 2 heteroatoms. The van der Waals surface area contributed by atoms with Gasteiger partial charge >= 0.3 is 0 Å². The fourth-order valence-electron chi connectivity index (χ4n) is 2.57. The van der Waals surface area contributed by atoms with Gasteiger partial charge in [-0.3, -0.25) is 4.98 Å². The van der Waals surface area contributed by atoms with Crippen LogP contribution < -0.4 is 0 Å². The maximum atomic E-state index is 4.58. The summed E-state index contributed by atoms with van der Waals surface area (Å²) in [6.07, 6.45) is 3.95. The van der Waals surface area contributed by atoms with Crippen molar-refractivity contribution in [2.45, 2.75) is 0 Å². The van der Waals surface area contributed by atoms with E-state index in [1.54, 1.807) is 0 Å². The number of benzene rings is 1. The largest absolute Gasteiger partial charge is 0.315 e. The highest BCUT2D eigenvalue weighted by Gasteiger charge is 2.08. The number of hydrogen-bond acceptors (Lipinski definition) is 1. The molecule has 0 spiro atoms. The minimum absolute atomic E-state index is 1.03. The third-order valence-corrected chi connectivity index (χ3v) is 3.48. The number of nitrogens with zero attached hydrogens (tertiary/aromatic N) is 2. The summed E-state index contributed by atoms with van der Waals surface area (Å²) >= 11 is 0. The Labute approximate surface area is 111 Å². The van der Waals surface area contributed by atoms with Crippen LogP contribution in [-0.2, 0) is 0 Å². The lowest BCUT2D eigenvalue weighted by Crippen LogP contribution is -1.90. The molecule has 0 aliphatic rings. The summed E-state index contributed by atoms with van der Waals surface area (Å²) in [7, 11) is 0. The van der Waals surface area contributed by atoms with Crippen molar-refractivity contribution in [2.75, 3.05) is 0 Å². The van der Waals surface area contributed by atoms with Gasteiger partial charge in [0.25, 0.3) is 0 Å². The summed E-state index contributed by atoms with van der Waals surface area (Å²) in [5, 5.41) is 2.41. The zero-order chi connectivity index (χ0) is 12.7. The van der Waals surface area contributed by atoms with Gasteiger partial charge in [0, 0.05) is 23.3 Å². The van der Waals surface area contributed by atoms with Crippen LogP contribution in [0.4, 0.5) is 0 Å². The molecule has 4 rings (SSSR count). The second kappa shape index (κ2) is 3.95. The SMILES string of the molecule is c1ccc2c(-c3ccc4ccccn34)nccc2c1. The molecule has 19 heavy (non-hydrogen) atoms. The van der Waals surface area contributed by atoms with Gasteiger partial charge < -0.3 is 4.40 Å². The number of rotatable bonds is 1. The third-order valence-electron chi connectivity index (χ3n) is 3.48. The highest BCUT2D eigenvalue weighted by Crippen LogP contribution is 2.27. The first-order valence-electron chi connectivity index (χ1n) is 6.34. The average molecular weight is 244 g/mol. The molecule has 90 valence electrons. The normalized spacial score (nSPS) is 11.2. The van der Waals surface area contributed by atoms with Crippen LogP contribution in [0.3, 0.4) is 0 Å². The van der Waals surface area contributed by atoms with Crippen molar-refractivity contribution >= 4 is 16.3 Å². The van der Waals surface area contributed by atoms with Gasteiger partial charge in [-0.1, -0.05) is 30.3 Å². The van der Waals surface area contributed by atoms with Crippen molar-refractivity contribution in [2.24, 2.45) is 0 Å². The molecular weight excluding hydrogens is 232 g/mol. The molecular formula is C17H12N2. The summed E-state index contributed by atoms with van der Waals surface area (Å²) in [5.74, 6) is 0. The molecule has 0 atom stereocenters. The van der Waals surface area contributed by atoms with Gasteiger partial charge in [0.2, 0.25) is 0 Å². The Bertz CT molecular complexity index is 869. The summed E-state index contributed by atoms with van der Waals surface area (Å²) in [5.41, 5.74) is 3.35. The molecule has 4 aromatic rings. The van der Waals surface area contributed by atoms with Crippen LogP contribution in [0, 0.1) is 0 Å². The van der Waals surface area contributed by atoms with E-state index >= 15 is 0 Å². The Morgan fingerprint density at radius 2 is 1.68 bits per heavy atom. The first kappa shape index (κ1) is 10.3. The second-order valence-electron chi connectivity index (χ2n) is 4.59. The third kappa shape index (κ3) is 1.54. The van der Waals surface area contributed by atoms with Gasteiger partial charge in [0.05, 0.1) is 11.4 Å². The molecule has 1 aromatic carbocycles. The molecule has 0 aliphatic carbocycles. The van der Waals surface area contributed by atoms with Crippen LogP contribution in [0.5, 0.6) is 0 Å². The average Bonchev–Trinajstić information content (AvgIpc) is 2.90. The van der Waals surface area contributed by atoms with E-state index in [0.29, 0.717) is 0 Å². The minimum Gasteiger partial charge on any atom is -0.315 e. The Kier molecular flexibility index (Phi) is 2.15. The van der Waals surface area contributed by atoms with Crippen LogP contribution >= 0.6 is 0 Å². The van der Waals surface area contributed by atoms with Gasteiger partial charge in [-0.25, -0.2) is 0 Å². The quantitative estimate of drug-likeness (QED) is 0.491. The first-order valence-corrected chi connectivity index (χ1v) is 6.34. The molecule has 0 aliphatic heterocycles. The van der Waals surface area contributed by atoms with E-state index in [1.807, 2.05) is 12.3 Å². The molecule has 0 saturated carbocycles. The fourth-order valence-corrected chi connectivity index (χ4v) is 2.57. The first-order chi connectivity index (χ1) is 9.43. The van der Waals surface area contributed by atoms with E-state index in [1.165, 1.54) is 16.3 Å². The standard InChI is InChI=1S/C17H12N2/c1-2-7-15-13(5-1)10-11-18-17(15)16-9-8-14-6-3-4-12-19(14)16/h1-12H. The summed E-state index contributed by atoms with van der Waals surface area (Å²) in [6.45, 7) is 0. The van der Waals surface area contributed by atoms with Crippen molar-refractivity contribution in [3.63, 3.8) is 0 Å². The van der Waals surface area contributed by atoms with Crippen LogP contribution in [-0.4, -0.2) is 9.38 Å². The predicted molar refractivity (Wildman–Crippen MR) is 78.1 cm³/mol. The monoisotopic (exact) mass is 244 g/mol. The van der Waals surface area contributed by atoms with Crippen LogP contribution in [0.2, 0.25) is 0 Å². The van der Waals surface area contributed by atoms with E-state index in [-0.39, 0.29) is 0 Å². The molecule has 0 N–H and O–H groups in total. The fraction of sp³-hybridized carbons (Fsp3) is 0. The number of fused-ring (bicyclic) bond motifs is 2. The van der Waals surface area contributed by atoms with E-state index in [0.717, 1.165) is 11.4 Å². The molecule has 0 unspecified atom stereocenters. The molecule has 3 heterocycles. The highest BCUT2D eigenvalue weighted by molar-refractivity contribution is 5.94. The second-order valence-corrected chi connectivity index (χ2v) is 4.59. The summed E-state index contributed by atoms with van der Waals surface area (Å²) in [6, 6.07) is 20.9. The smallest absolute Gasteiger partial charge is 0.0948 e. The van der Waals surface area contributed by atoms with Gasteiger partial charge in [-0.05, 0) is 35.7 Å². The lowest BCUT2D eigenvalue weighted by Gasteiger charge is -2.06. The Morgan fingerprint density at radius 1 is 0.789 bits per heavy atom. The van der Waals surface area contributed by atoms with Gasteiger partial charge in [0.15, 0.2) is 0 Å². The Morgan fingerprint density at radius 3 is 2.68 bits per heavy atom. The Balaban J connectivity index is 2.10. The lowest BCUT2D eigenvalue weighted by atomic mass is 10.1. The molecule has 0 bridgehead atoms. The highest BCUT2D eigenvalue weighted by atomic mass is 14.9. The molecule has 2 nitrogen and oxygen atoms in total. The molecule has 0 amide bonds. The van der Waals surface area contributed by atoms with Gasteiger partial charge in [-0.2, -0.15) is 0 Å². The zero-order valence-electron chi connectivity index (χ0n) is 10.3. The van der Waals surface area contributed by atoms with Crippen LogP contribution in [0.15, 0.2) is 73.1 Å². The van der Waals surface area contributed by atoms with E-state index in [9.17, 15) is 0 Å². The molecule has 0 fully saturated rings. The van der Waals surface area contributed by atoms with E-state index in [2.05, 4.69) is 70.2 Å². The van der Waals surface area contributed by atoms with Crippen molar-refractivity contribution in [1.29, 1.82) is 0 Å². The predicted octanol–water partition coefficient (Wildman–Crippen LogP) is 4.15.